The Bertz CT molecular complexity index is 1480. The van der Waals surface area contributed by atoms with Gasteiger partial charge in [-0.15, -0.1) is 11.8 Å². The van der Waals surface area contributed by atoms with Crippen LogP contribution in [-0.4, -0.2) is 23.5 Å². The number of nitrogens with one attached hydrogen (secondary N) is 3. The maximum atomic E-state index is 13.3. The van der Waals surface area contributed by atoms with Gasteiger partial charge in [0.2, 0.25) is 5.91 Å². The largest absolute Gasteiger partial charge is 0.325 e. The molecule has 0 aliphatic heterocycles. The van der Waals surface area contributed by atoms with E-state index in [0.29, 0.717) is 22.5 Å². The van der Waals surface area contributed by atoms with E-state index < -0.39 is 17.6 Å². The molecule has 3 amide bonds. The molecule has 0 bridgehead atoms. The summed E-state index contributed by atoms with van der Waals surface area (Å²) in [6.07, 6.45) is 1.48. The van der Waals surface area contributed by atoms with E-state index in [-0.39, 0.29) is 17.4 Å². The number of amides is 3. The van der Waals surface area contributed by atoms with Crippen molar-refractivity contribution in [1.29, 1.82) is 0 Å². The van der Waals surface area contributed by atoms with Gasteiger partial charge in [-0.05, 0) is 84.4 Å². The van der Waals surface area contributed by atoms with Crippen molar-refractivity contribution in [2.24, 2.45) is 0 Å². The van der Waals surface area contributed by atoms with Crippen molar-refractivity contribution in [3.63, 3.8) is 0 Å². The van der Waals surface area contributed by atoms with Crippen molar-refractivity contribution in [3.05, 3.63) is 130 Å². The molecule has 0 saturated heterocycles. The van der Waals surface area contributed by atoms with Crippen molar-refractivity contribution < 1.29 is 18.8 Å². The van der Waals surface area contributed by atoms with E-state index in [0.717, 1.165) is 9.37 Å². The number of anilines is 2. The fraction of sp³-hybridized carbons (Fsp3) is 0.0333. The molecule has 4 rings (SSSR count). The molecular weight excluding hydrogens is 581 g/mol. The molecule has 0 aliphatic rings. The molecule has 0 spiro atoms. The van der Waals surface area contributed by atoms with Crippen LogP contribution >= 0.6 is 27.7 Å². The zero-order valence-corrected chi connectivity index (χ0v) is 22.9. The highest BCUT2D eigenvalue weighted by molar-refractivity contribution is 9.10. The van der Waals surface area contributed by atoms with Crippen LogP contribution in [0.15, 0.2) is 118 Å². The molecule has 4 aromatic carbocycles. The van der Waals surface area contributed by atoms with Crippen LogP contribution in [0.1, 0.15) is 15.9 Å². The van der Waals surface area contributed by atoms with Gasteiger partial charge < -0.3 is 16.0 Å². The topological polar surface area (TPSA) is 87.3 Å². The summed E-state index contributed by atoms with van der Waals surface area (Å²) >= 11 is 4.72. The zero-order valence-electron chi connectivity index (χ0n) is 20.5. The van der Waals surface area contributed by atoms with Crippen LogP contribution in [0, 0.1) is 5.82 Å². The Balaban J connectivity index is 1.39. The second-order valence-electron chi connectivity index (χ2n) is 8.25. The molecule has 0 unspecified atom stereocenters. The molecule has 3 N–H and O–H groups in total. The molecule has 0 aliphatic carbocycles. The molecule has 0 heterocycles. The Kier molecular flexibility index (Phi) is 9.66. The molecule has 0 fully saturated rings. The third-order valence-corrected chi connectivity index (χ3v) is 6.86. The first-order valence-corrected chi connectivity index (χ1v) is 13.6. The maximum absolute atomic E-state index is 13.3. The van der Waals surface area contributed by atoms with E-state index in [2.05, 4.69) is 31.9 Å². The summed E-state index contributed by atoms with van der Waals surface area (Å²) in [7, 11) is 0. The highest BCUT2D eigenvalue weighted by Crippen LogP contribution is 2.22. The molecule has 0 saturated carbocycles. The molecule has 0 radical (unpaired) electrons. The second kappa shape index (κ2) is 13.5. The Morgan fingerprint density at radius 3 is 2.05 bits per heavy atom. The lowest BCUT2D eigenvalue weighted by atomic mass is 10.1. The van der Waals surface area contributed by atoms with Crippen LogP contribution < -0.4 is 16.0 Å². The predicted molar refractivity (Wildman–Crippen MR) is 157 cm³/mol. The summed E-state index contributed by atoms with van der Waals surface area (Å²) in [6, 6.07) is 28.4. The summed E-state index contributed by atoms with van der Waals surface area (Å²) in [4.78, 5) is 38.9. The first-order chi connectivity index (χ1) is 18.9. The summed E-state index contributed by atoms with van der Waals surface area (Å²) < 4.78 is 14.3. The summed E-state index contributed by atoms with van der Waals surface area (Å²) in [5.74, 6) is -1.32. The maximum Gasteiger partial charge on any atom is 0.272 e. The average Bonchev–Trinajstić information content (AvgIpc) is 2.95. The van der Waals surface area contributed by atoms with Gasteiger partial charge in [0, 0.05) is 26.3 Å². The number of thioether (sulfide) groups is 1. The van der Waals surface area contributed by atoms with Crippen LogP contribution in [0.3, 0.4) is 0 Å². The number of carbonyl (C=O) groups is 3. The summed E-state index contributed by atoms with van der Waals surface area (Å²) in [6.45, 7) is 0. The minimum atomic E-state index is -0.544. The number of halogens is 2. The van der Waals surface area contributed by atoms with E-state index in [1.807, 2.05) is 24.3 Å². The van der Waals surface area contributed by atoms with Gasteiger partial charge in [0.05, 0.1) is 5.75 Å². The average molecular weight is 605 g/mol. The first kappa shape index (κ1) is 27.8. The molecule has 196 valence electrons. The fourth-order valence-electron chi connectivity index (χ4n) is 3.38. The molecule has 4 aromatic rings. The second-order valence-corrected chi connectivity index (χ2v) is 10.2. The smallest absolute Gasteiger partial charge is 0.272 e. The number of hydrogen-bond donors (Lipinski definition) is 3. The predicted octanol–water partition coefficient (Wildman–Crippen LogP) is 6.73. The van der Waals surface area contributed by atoms with Crippen molar-refractivity contribution in [2.45, 2.75) is 4.90 Å². The molecule has 39 heavy (non-hydrogen) atoms. The molecule has 6 nitrogen and oxygen atoms in total. The molecular formula is C30H23BrFN3O3S. The van der Waals surface area contributed by atoms with E-state index in [4.69, 9.17) is 0 Å². The number of benzene rings is 4. The normalized spacial score (nSPS) is 11.0. The van der Waals surface area contributed by atoms with E-state index in [1.54, 1.807) is 54.6 Å². The Labute approximate surface area is 237 Å². The Morgan fingerprint density at radius 1 is 0.769 bits per heavy atom. The van der Waals surface area contributed by atoms with Gasteiger partial charge in [-0.25, -0.2) is 4.39 Å². The van der Waals surface area contributed by atoms with Crippen molar-refractivity contribution in [2.75, 3.05) is 16.4 Å². The van der Waals surface area contributed by atoms with Crippen LogP contribution in [-0.2, 0) is 9.59 Å². The van der Waals surface area contributed by atoms with Crippen molar-refractivity contribution in [1.82, 2.24) is 5.32 Å². The third kappa shape index (κ3) is 8.66. The lowest BCUT2D eigenvalue weighted by Crippen LogP contribution is -2.30. The van der Waals surface area contributed by atoms with Crippen LogP contribution in [0.4, 0.5) is 15.8 Å². The van der Waals surface area contributed by atoms with Crippen LogP contribution in [0.2, 0.25) is 0 Å². The van der Waals surface area contributed by atoms with E-state index in [1.165, 1.54) is 42.1 Å². The minimum absolute atomic E-state index is 0.00137. The van der Waals surface area contributed by atoms with Gasteiger partial charge in [-0.2, -0.15) is 0 Å². The van der Waals surface area contributed by atoms with Crippen LogP contribution in [0.25, 0.3) is 6.08 Å². The Morgan fingerprint density at radius 2 is 1.38 bits per heavy atom. The zero-order chi connectivity index (χ0) is 27.6. The highest BCUT2D eigenvalue weighted by Gasteiger charge is 2.15. The lowest BCUT2D eigenvalue weighted by molar-refractivity contribution is -0.114. The van der Waals surface area contributed by atoms with Gasteiger partial charge >= 0.3 is 0 Å². The number of carbonyl (C=O) groups excluding carboxylic acids is 3. The van der Waals surface area contributed by atoms with Gasteiger partial charge in [0.1, 0.15) is 11.5 Å². The Hall–Kier alpha value is -4.21. The number of rotatable bonds is 9. The van der Waals surface area contributed by atoms with Gasteiger partial charge in [0.15, 0.2) is 0 Å². The third-order valence-electron chi connectivity index (χ3n) is 5.32. The van der Waals surface area contributed by atoms with Gasteiger partial charge in [-0.1, -0.05) is 46.3 Å². The summed E-state index contributed by atoms with van der Waals surface area (Å²) in [5.41, 5.74) is 2.15. The van der Waals surface area contributed by atoms with E-state index in [9.17, 15) is 18.8 Å². The lowest BCUT2D eigenvalue weighted by Gasteiger charge is -2.12. The minimum Gasteiger partial charge on any atom is -0.325 e. The van der Waals surface area contributed by atoms with Crippen LogP contribution in [0.5, 0.6) is 0 Å². The fourth-order valence-corrected chi connectivity index (χ4v) is 4.34. The highest BCUT2D eigenvalue weighted by atomic mass is 79.9. The summed E-state index contributed by atoms with van der Waals surface area (Å²) in [5, 5.41) is 8.26. The van der Waals surface area contributed by atoms with Gasteiger partial charge in [-0.3, -0.25) is 14.4 Å². The SMILES string of the molecule is O=C(CSc1ccc(NC(=O)/C(=C/c2ccc(F)cc2)NC(=O)c2ccccc2)cc1)Nc1ccc(Br)cc1. The van der Waals surface area contributed by atoms with E-state index >= 15 is 0 Å². The first-order valence-electron chi connectivity index (χ1n) is 11.8. The quantitative estimate of drug-likeness (QED) is 0.146. The van der Waals surface area contributed by atoms with Crippen molar-refractivity contribution >= 4 is 62.9 Å². The molecule has 0 aromatic heterocycles. The van der Waals surface area contributed by atoms with Gasteiger partial charge in [0.25, 0.3) is 11.8 Å². The monoisotopic (exact) mass is 603 g/mol. The molecule has 9 heteroatoms. The molecule has 0 atom stereocenters. The number of hydrogen-bond acceptors (Lipinski definition) is 4. The van der Waals surface area contributed by atoms with Crippen molar-refractivity contribution in [3.8, 4) is 0 Å². The standard InChI is InChI=1S/C30H23BrFN3O3S/c31-22-8-12-24(13-9-22)33-28(36)19-39-26-16-14-25(15-17-26)34-30(38)27(18-20-6-10-23(32)11-7-20)35-29(37)21-4-2-1-3-5-21/h1-18H,19H2,(H,33,36)(H,34,38)(H,35,37)/b27-18-.